The Morgan fingerprint density at radius 3 is 2.42 bits per heavy atom. The van der Waals surface area contributed by atoms with E-state index in [0.717, 1.165) is 30.2 Å². The van der Waals surface area contributed by atoms with Crippen LogP contribution in [0.4, 0.5) is 14.6 Å². The third kappa shape index (κ3) is 2.65. The average Bonchev–Trinajstić information content (AvgIpc) is 3.24. The van der Waals surface area contributed by atoms with Crippen LogP contribution in [0.1, 0.15) is 5.56 Å². The molecule has 2 aromatic carbocycles. The number of fused-ring (bicyclic) bond motifs is 1. The maximum atomic E-state index is 14.3. The molecule has 1 aliphatic heterocycles. The highest BCUT2D eigenvalue weighted by atomic mass is 19.1. The Balaban J connectivity index is 1.90. The van der Waals surface area contributed by atoms with E-state index in [2.05, 4.69) is 10.4 Å². The summed E-state index contributed by atoms with van der Waals surface area (Å²) in [6, 6.07) is 8.94. The molecule has 0 unspecified atom stereocenters. The number of hydrogen-bond donors (Lipinski definition) is 1. The predicted molar refractivity (Wildman–Crippen MR) is 94.2 cm³/mol. The summed E-state index contributed by atoms with van der Waals surface area (Å²) < 4.78 is 39.7. The van der Waals surface area contributed by atoms with E-state index < -0.39 is 11.6 Å². The van der Waals surface area contributed by atoms with E-state index >= 15 is 0 Å². The van der Waals surface area contributed by atoms with Gasteiger partial charge >= 0.3 is 0 Å². The number of nitrogens with one attached hydrogen (secondary N) is 1. The second-order valence-corrected chi connectivity index (χ2v) is 5.96. The van der Waals surface area contributed by atoms with Crippen molar-refractivity contribution in [2.45, 2.75) is 6.42 Å². The molecular weight excluding hydrogens is 340 g/mol. The zero-order valence-electron chi connectivity index (χ0n) is 14.3. The van der Waals surface area contributed by atoms with Crippen LogP contribution in [-0.4, -0.2) is 30.5 Å². The fraction of sp³-hybridized carbons (Fsp3) is 0.211. The number of aromatic nitrogens is 2. The van der Waals surface area contributed by atoms with Gasteiger partial charge in [-0.3, -0.25) is 0 Å². The highest BCUT2D eigenvalue weighted by molar-refractivity contribution is 5.74. The van der Waals surface area contributed by atoms with Gasteiger partial charge in [0.25, 0.3) is 0 Å². The fourth-order valence-corrected chi connectivity index (χ4v) is 3.18. The van der Waals surface area contributed by atoms with Crippen LogP contribution < -0.4 is 14.8 Å². The Hall–Kier alpha value is -3.09. The molecule has 0 fully saturated rings. The lowest BCUT2D eigenvalue weighted by atomic mass is 10.1. The van der Waals surface area contributed by atoms with Crippen molar-refractivity contribution >= 4 is 5.82 Å². The Kier molecular flexibility index (Phi) is 3.99. The van der Waals surface area contributed by atoms with Gasteiger partial charge in [-0.2, -0.15) is 5.10 Å². The average molecular weight is 357 g/mol. The summed E-state index contributed by atoms with van der Waals surface area (Å²) >= 11 is 0. The van der Waals surface area contributed by atoms with Gasteiger partial charge in [0.15, 0.2) is 5.82 Å². The van der Waals surface area contributed by atoms with Crippen LogP contribution in [0.25, 0.3) is 16.9 Å². The summed E-state index contributed by atoms with van der Waals surface area (Å²) in [5, 5.41) is 7.83. The van der Waals surface area contributed by atoms with Crippen molar-refractivity contribution < 1.29 is 18.3 Å². The van der Waals surface area contributed by atoms with Gasteiger partial charge in [0.05, 0.1) is 19.9 Å². The van der Waals surface area contributed by atoms with Crippen molar-refractivity contribution in [3.63, 3.8) is 0 Å². The second-order valence-electron chi connectivity index (χ2n) is 5.96. The Labute approximate surface area is 149 Å². The van der Waals surface area contributed by atoms with Crippen molar-refractivity contribution in [2.75, 3.05) is 26.1 Å². The third-order valence-electron chi connectivity index (χ3n) is 4.41. The minimum atomic E-state index is -0.668. The lowest BCUT2D eigenvalue weighted by molar-refractivity contribution is 0.394. The Morgan fingerprint density at radius 1 is 1.04 bits per heavy atom. The van der Waals surface area contributed by atoms with E-state index in [1.54, 1.807) is 20.3 Å². The van der Waals surface area contributed by atoms with Crippen molar-refractivity contribution in [1.29, 1.82) is 0 Å². The van der Waals surface area contributed by atoms with E-state index in [4.69, 9.17) is 9.47 Å². The van der Waals surface area contributed by atoms with Gasteiger partial charge in [0, 0.05) is 29.8 Å². The molecule has 1 aliphatic rings. The maximum Gasteiger partial charge on any atom is 0.151 e. The number of benzene rings is 2. The smallest absolute Gasteiger partial charge is 0.151 e. The molecule has 3 aromatic rings. The van der Waals surface area contributed by atoms with Crippen LogP contribution in [0.15, 0.2) is 36.4 Å². The number of methoxy groups -OCH3 is 2. The van der Waals surface area contributed by atoms with Gasteiger partial charge in [0.1, 0.15) is 28.8 Å². The van der Waals surface area contributed by atoms with Crippen LogP contribution >= 0.6 is 0 Å². The van der Waals surface area contributed by atoms with Crippen LogP contribution in [0.5, 0.6) is 11.5 Å². The molecule has 0 radical (unpaired) electrons. The molecule has 0 saturated carbocycles. The molecule has 0 atom stereocenters. The monoisotopic (exact) mass is 357 g/mol. The number of hydrogen-bond acceptors (Lipinski definition) is 4. The van der Waals surface area contributed by atoms with Gasteiger partial charge in [-0.1, -0.05) is 0 Å². The molecule has 0 saturated heterocycles. The van der Waals surface area contributed by atoms with Crippen LogP contribution in [0.3, 0.4) is 0 Å². The first-order chi connectivity index (χ1) is 12.6. The summed E-state index contributed by atoms with van der Waals surface area (Å²) in [6.07, 6.45) is 0.757. The van der Waals surface area contributed by atoms with Gasteiger partial charge in [-0.05, 0) is 30.7 Å². The lowest BCUT2D eigenvalue weighted by Crippen LogP contribution is -2.06. The lowest BCUT2D eigenvalue weighted by Gasteiger charge is -2.08. The number of ether oxygens (including phenoxy) is 2. The van der Waals surface area contributed by atoms with Gasteiger partial charge in [-0.25, -0.2) is 13.5 Å². The molecular formula is C19H17F2N3O2. The molecule has 7 heteroatoms. The predicted octanol–water partition coefficient (Wildman–Crippen LogP) is 3.80. The van der Waals surface area contributed by atoms with E-state index in [0.29, 0.717) is 23.0 Å². The quantitative estimate of drug-likeness (QED) is 0.772. The number of nitrogens with zero attached hydrogens (tertiary/aromatic N) is 2. The highest BCUT2D eigenvalue weighted by Crippen LogP contribution is 2.37. The van der Waals surface area contributed by atoms with E-state index in [9.17, 15) is 8.78 Å². The van der Waals surface area contributed by atoms with Crippen molar-refractivity contribution in [3.05, 3.63) is 53.6 Å². The number of rotatable bonds is 4. The second kappa shape index (κ2) is 6.33. The molecule has 5 nitrogen and oxygen atoms in total. The minimum absolute atomic E-state index is 0.193. The first-order valence-corrected chi connectivity index (χ1v) is 8.15. The molecule has 0 spiro atoms. The normalized spacial score (nSPS) is 12.6. The topological polar surface area (TPSA) is 48.3 Å². The molecule has 0 amide bonds. The van der Waals surface area contributed by atoms with E-state index in [-0.39, 0.29) is 5.69 Å². The Morgan fingerprint density at radius 2 is 1.77 bits per heavy atom. The van der Waals surface area contributed by atoms with Crippen LogP contribution in [0.2, 0.25) is 0 Å². The third-order valence-corrected chi connectivity index (χ3v) is 4.41. The SMILES string of the molecule is COc1cc(OC)cc(-c2nn(-c3ccc(F)cc3F)c3c2CCN3)c1. The number of anilines is 1. The zero-order valence-corrected chi connectivity index (χ0v) is 14.3. The van der Waals surface area contributed by atoms with Gasteiger partial charge in [-0.15, -0.1) is 0 Å². The molecule has 0 bridgehead atoms. The first kappa shape index (κ1) is 16.4. The van der Waals surface area contributed by atoms with E-state index in [1.165, 1.54) is 16.8 Å². The Bertz CT molecular complexity index is 963. The van der Waals surface area contributed by atoms with Gasteiger partial charge < -0.3 is 14.8 Å². The maximum absolute atomic E-state index is 14.3. The first-order valence-electron chi connectivity index (χ1n) is 8.15. The summed E-state index contributed by atoms with van der Waals surface area (Å²) in [5.74, 6) is 0.704. The largest absolute Gasteiger partial charge is 0.497 e. The van der Waals surface area contributed by atoms with Gasteiger partial charge in [0.2, 0.25) is 0 Å². The highest BCUT2D eigenvalue weighted by Gasteiger charge is 2.25. The molecule has 2 heterocycles. The van der Waals surface area contributed by atoms with Crippen molar-refractivity contribution in [2.24, 2.45) is 0 Å². The van der Waals surface area contributed by atoms with Crippen molar-refractivity contribution in [3.8, 4) is 28.4 Å². The standard InChI is InChI=1S/C19H17F2N3O2/c1-25-13-7-11(8-14(10-13)26-2)18-15-5-6-22-19(15)24(23-18)17-4-3-12(20)9-16(17)21/h3-4,7-10,22H,5-6H2,1-2H3. The summed E-state index contributed by atoms with van der Waals surface area (Å²) in [5.41, 5.74) is 2.69. The molecule has 134 valence electrons. The molecule has 1 aromatic heterocycles. The van der Waals surface area contributed by atoms with Crippen LogP contribution in [-0.2, 0) is 6.42 Å². The zero-order chi connectivity index (χ0) is 18.3. The molecule has 0 aliphatic carbocycles. The summed E-state index contributed by atoms with van der Waals surface area (Å²) in [7, 11) is 3.16. The van der Waals surface area contributed by atoms with E-state index in [1.807, 2.05) is 12.1 Å². The fourth-order valence-electron chi connectivity index (χ4n) is 3.18. The summed E-state index contributed by atoms with van der Waals surface area (Å²) in [6.45, 7) is 0.726. The number of halogens is 2. The molecule has 1 N–H and O–H groups in total. The summed E-state index contributed by atoms with van der Waals surface area (Å²) in [4.78, 5) is 0. The minimum Gasteiger partial charge on any atom is -0.497 e. The molecule has 4 rings (SSSR count). The van der Waals surface area contributed by atoms with Crippen molar-refractivity contribution in [1.82, 2.24) is 9.78 Å². The van der Waals surface area contributed by atoms with Crippen LogP contribution in [0, 0.1) is 11.6 Å². The molecule has 26 heavy (non-hydrogen) atoms.